The van der Waals surface area contributed by atoms with Crippen LogP contribution < -0.4 is 10.6 Å². The second kappa shape index (κ2) is 7.73. The van der Waals surface area contributed by atoms with Gasteiger partial charge in [0.2, 0.25) is 0 Å². The fraction of sp³-hybridized carbons (Fsp3) is 0.250. The first-order chi connectivity index (χ1) is 13.5. The summed E-state index contributed by atoms with van der Waals surface area (Å²) in [6.07, 6.45) is 0.682. The van der Waals surface area contributed by atoms with E-state index in [0.717, 1.165) is 21.8 Å². The number of nitrogens with one attached hydrogen (secondary N) is 2. The predicted octanol–water partition coefficient (Wildman–Crippen LogP) is 4.66. The van der Waals surface area contributed by atoms with Gasteiger partial charge in [0, 0.05) is 23.5 Å². The summed E-state index contributed by atoms with van der Waals surface area (Å²) in [7, 11) is 0. The third kappa shape index (κ3) is 3.93. The Bertz CT molecular complexity index is 1030. The Morgan fingerprint density at radius 1 is 1.14 bits per heavy atom. The first kappa shape index (κ1) is 18.6. The lowest BCUT2D eigenvalue weighted by Gasteiger charge is -2.26. The lowest BCUT2D eigenvalue weighted by atomic mass is 10.1. The molecule has 28 heavy (non-hydrogen) atoms. The molecule has 0 unspecified atom stereocenters. The van der Waals surface area contributed by atoms with Crippen molar-refractivity contribution in [3.8, 4) is 0 Å². The van der Waals surface area contributed by atoms with Gasteiger partial charge in [-0.05, 0) is 48.6 Å². The molecule has 0 radical (unpaired) electrons. The minimum absolute atomic E-state index is 0.119. The molecule has 4 rings (SSSR count). The van der Waals surface area contributed by atoms with Gasteiger partial charge in [-0.3, -0.25) is 10.1 Å². The van der Waals surface area contributed by atoms with Gasteiger partial charge in [-0.1, -0.05) is 23.5 Å². The molecule has 3 heterocycles. The molecule has 6 nitrogen and oxygen atoms in total. The number of thiophene rings is 1. The summed E-state index contributed by atoms with van der Waals surface area (Å²) >= 11 is 2.83. The van der Waals surface area contributed by atoms with Crippen molar-refractivity contribution < 1.29 is 9.59 Å². The Labute approximate surface area is 171 Å². The van der Waals surface area contributed by atoms with Crippen LogP contribution in [0, 0.1) is 13.8 Å². The van der Waals surface area contributed by atoms with Crippen molar-refractivity contribution in [1.29, 1.82) is 0 Å². The summed E-state index contributed by atoms with van der Waals surface area (Å²) in [4.78, 5) is 32.8. The zero-order valence-electron chi connectivity index (χ0n) is 15.6. The van der Waals surface area contributed by atoms with Crippen molar-refractivity contribution in [3.05, 3.63) is 62.3 Å². The molecule has 0 aliphatic carbocycles. The van der Waals surface area contributed by atoms with Crippen molar-refractivity contribution in [3.63, 3.8) is 0 Å². The second-order valence-corrected chi connectivity index (χ2v) is 8.75. The van der Waals surface area contributed by atoms with Gasteiger partial charge in [-0.2, -0.15) is 0 Å². The summed E-state index contributed by atoms with van der Waals surface area (Å²) in [5.74, 6) is -0.148. The number of urea groups is 1. The molecule has 3 aromatic rings. The van der Waals surface area contributed by atoms with E-state index in [1.807, 2.05) is 43.5 Å². The molecule has 0 spiro atoms. The molecule has 0 saturated heterocycles. The topological polar surface area (TPSA) is 74.3 Å². The molecule has 1 aromatic carbocycles. The Kier molecular flexibility index (Phi) is 5.15. The summed E-state index contributed by atoms with van der Waals surface area (Å²) in [6.45, 7) is 5.18. The number of fused-ring (bicyclic) bond motifs is 1. The quantitative estimate of drug-likeness (QED) is 0.657. The standard InChI is InChI=1S/C20H20N4O2S2/c1-12-5-6-14(10-13(12)2)21-20(26)24-8-7-15-17(11-24)28-19(22-15)23-18(25)16-4-3-9-27-16/h3-6,9-10H,7-8,11H2,1-2H3,(H,21,26)(H,22,23,25). The smallest absolute Gasteiger partial charge is 0.319 e. The van der Waals surface area contributed by atoms with Gasteiger partial charge in [0.25, 0.3) is 5.91 Å². The van der Waals surface area contributed by atoms with Crippen LogP contribution in [0.5, 0.6) is 0 Å². The van der Waals surface area contributed by atoms with E-state index >= 15 is 0 Å². The number of hydrogen-bond donors (Lipinski definition) is 2. The number of carbonyl (C=O) groups is 2. The molecule has 0 atom stereocenters. The number of carbonyl (C=O) groups excluding carboxylic acids is 2. The van der Waals surface area contributed by atoms with Gasteiger partial charge in [0.05, 0.1) is 17.1 Å². The molecule has 2 N–H and O–H groups in total. The molecule has 0 fully saturated rings. The van der Waals surface area contributed by atoms with Crippen LogP contribution in [0.15, 0.2) is 35.7 Å². The van der Waals surface area contributed by atoms with E-state index in [1.54, 1.807) is 11.0 Å². The fourth-order valence-corrected chi connectivity index (χ4v) is 4.65. The van der Waals surface area contributed by atoms with Crippen LogP contribution in [-0.2, 0) is 13.0 Å². The largest absolute Gasteiger partial charge is 0.322 e. The minimum atomic E-state index is -0.148. The van der Waals surface area contributed by atoms with E-state index in [2.05, 4.69) is 15.6 Å². The third-order valence-electron chi connectivity index (χ3n) is 4.74. The number of rotatable bonds is 3. The summed E-state index contributed by atoms with van der Waals surface area (Å²) < 4.78 is 0. The highest BCUT2D eigenvalue weighted by molar-refractivity contribution is 7.16. The molecule has 1 aliphatic heterocycles. The maximum Gasteiger partial charge on any atom is 0.322 e. The third-order valence-corrected chi connectivity index (χ3v) is 6.61. The summed E-state index contributed by atoms with van der Waals surface area (Å²) in [5, 5.41) is 8.28. The highest BCUT2D eigenvalue weighted by Gasteiger charge is 2.25. The van der Waals surface area contributed by atoms with Crippen LogP contribution in [-0.4, -0.2) is 28.4 Å². The number of thiazole rings is 1. The Morgan fingerprint density at radius 3 is 2.75 bits per heavy atom. The average molecular weight is 413 g/mol. The van der Waals surface area contributed by atoms with E-state index in [9.17, 15) is 9.59 Å². The van der Waals surface area contributed by atoms with Crippen LogP contribution in [0.2, 0.25) is 0 Å². The van der Waals surface area contributed by atoms with Gasteiger partial charge >= 0.3 is 6.03 Å². The molecule has 8 heteroatoms. The average Bonchev–Trinajstić information content (AvgIpc) is 3.33. The molecule has 1 aliphatic rings. The molecule has 0 bridgehead atoms. The first-order valence-electron chi connectivity index (χ1n) is 8.96. The maximum absolute atomic E-state index is 12.6. The molecule has 2 aromatic heterocycles. The minimum Gasteiger partial charge on any atom is -0.319 e. The zero-order valence-corrected chi connectivity index (χ0v) is 17.2. The van der Waals surface area contributed by atoms with E-state index < -0.39 is 0 Å². The zero-order chi connectivity index (χ0) is 19.7. The highest BCUT2D eigenvalue weighted by atomic mass is 32.1. The van der Waals surface area contributed by atoms with Crippen LogP contribution in [0.1, 0.15) is 31.4 Å². The van der Waals surface area contributed by atoms with Crippen LogP contribution in [0.25, 0.3) is 0 Å². The molecule has 3 amide bonds. The van der Waals surface area contributed by atoms with E-state index in [0.29, 0.717) is 29.5 Å². The van der Waals surface area contributed by atoms with Crippen molar-refractivity contribution in [2.45, 2.75) is 26.8 Å². The van der Waals surface area contributed by atoms with Crippen LogP contribution in [0.3, 0.4) is 0 Å². The van der Waals surface area contributed by atoms with Gasteiger partial charge in [0.15, 0.2) is 5.13 Å². The molecular weight excluding hydrogens is 392 g/mol. The molecule has 144 valence electrons. The number of amides is 3. The Balaban J connectivity index is 1.41. The van der Waals surface area contributed by atoms with Crippen molar-refractivity contribution in [2.75, 3.05) is 17.2 Å². The Hall–Kier alpha value is -2.71. The normalized spacial score (nSPS) is 13.1. The lowest BCUT2D eigenvalue weighted by molar-refractivity contribution is 0.103. The fourth-order valence-electron chi connectivity index (χ4n) is 3.01. The van der Waals surface area contributed by atoms with Crippen molar-refractivity contribution >= 4 is 45.4 Å². The van der Waals surface area contributed by atoms with Crippen molar-refractivity contribution in [2.24, 2.45) is 0 Å². The van der Waals surface area contributed by atoms with Crippen molar-refractivity contribution in [1.82, 2.24) is 9.88 Å². The van der Waals surface area contributed by atoms with Crippen LogP contribution in [0.4, 0.5) is 15.6 Å². The number of aryl methyl sites for hydroxylation is 2. The van der Waals surface area contributed by atoms with Crippen LogP contribution >= 0.6 is 22.7 Å². The molecular formula is C20H20N4O2S2. The SMILES string of the molecule is Cc1ccc(NC(=O)N2CCc3nc(NC(=O)c4cccs4)sc3C2)cc1C. The van der Waals surface area contributed by atoms with E-state index in [-0.39, 0.29) is 11.9 Å². The van der Waals surface area contributed by atoms with E-state index in [1.165, 1.54) is 28.2 Å². The highest BCUT2D eigenvalue weighted by Crippen LogP contribution is 2.29. The monoisotopic (exact) mass is 412 g/mol. The van der Waals surface area contributed by atoms with Gasteiger partial charge in [0.1, 0.15) is 0 Å². The number of benzene rings is 1. The molecule has 0 saturated carbocycles. The van der Waals surface area contributed by atoms with E-state index in [4.69, 9.17) is 0 Å². The lowest BCUT2D eigenvalue weighted by Crippen LogP contribution is -2.38. The van der Waals surface area contributed by atoms with Gasteiger partial charge < -0.3 is 10.2 Å². The number of hydrogen-bond acceptors (Lipinski definition) is 5. The predicted molar refractivity (Wildman–Crippen MR) is 113 cm³/mol. The van der Waals surface area contributed by atoms with Gasteiger partial charge in [-0.15, -0.1) is 11.3 Å². The number of nitrogens with zero attached hydrogens (tertiary/aromatic N) is 2. The summed E-state index contributed by atoms with van der Waals surface area (Å²) in [5.41, 5.74) is 4.10. The summed E-state index contributed by atoms with van der Waals surface area (Å²) in [6, 6.07) is 9.41. The van der Waals surface area contributed by atoms with Gasteiger partial charge in [-0.25, -0.2) is 9.78 Å². The number of anilines is 2. The maximum atomic E-state index is 12.6. The Morgan fingerprint density at radius 2 is 2.00 bits per heavy atom. The first-order valence-corrected chi connectivity index (χ1v) is 10.7. The second-order valence-electron chi connectivity index (χ2n) is 6.72. The number of aromatic nitrogens is 1.